The largest absolute Gasteiger partial charge is 0.399 e. The molecule has 0 aliphatic rings. The third kappa shape index (κ3) is 4.37. The maximum atomic E-state index is 5.86. The summed E-state index contributed by atoms with van der Waals surface area (Å²) in [6.07, 6.45) is 0. The number of aryl methyl sites for hydroxylation is 1. The third-order valence-corrected chi connectivity index (χ3v) is 3.43. The average Bonchev–Trinajstić information content (AvgIpc) is 2.26. The van der Waals surface area contributed by atoms with Gasteiger partial charge in [-0.1, -0.05) is 45.8 Å². The predicted octanol–water partition coefficient (Wildman–Crippen LogP) is 3.97. The highest BCUT2D eigenvalue weighted by Crippen LogP contribution is 2.19. The molecule has 0 aliphatic carbocycles. The fraction of sp³-hybridized carbons (Fsp3) is 0.250. The summed E-state index contributed by atoms with van der Waals surface area (Å²) in [4.78, 5) is 2.29. The number of hydrogen-bond donors (Lipinski definition) is 1. The van der Waals surface area contributed by atoms with Crippen LogP contribution in [0.4, 0.5) is 5.69 Å². The molecule has 2 rings (SSSR count). The first-order chi connectivity index (χ1) is 9.02. The molecule has 0 saturated carbocycles. The number of hydrogen-bond acceptors (Lipinski definition) is 2. The molecular weight excluding hydrogens is 300 g/mol. The molecule has 0 aliphatic heterocycles. The van der Waals surface area contributed by atoms with Crippen molar-refractivity contribution in [2.45, 2.75) is 20.0 Å². The van der Waals surface area contributed by atoms with E-state index in [1.54, 1.807) is 0 Å². The molecular formula is C16H19BrN2. The minimum atomic E-state index is 0.799. The summed E-state index contributed by atoms with van der Waals surface area (Å²) in [5.74, 6) is 0. The van der Waals surface area contributed by atoms with Gasteiger partial charge in [0, 0.05) is 23.2 Å². The summed E-state index contributed by atoms with van der Waals surface area (Å²) in [7, 11) is 2.12. The molecule has 19 heavy (non-hydrogen) atoms. The maximum Gasteiger partial charge on any atom is 0.0328 e. The molecule has 0 atom stereocenters. The lowest BCUT2D eigenvalue weighted by Crippen LogP contribution is -2.17. The van der Waals surface area contributed by atoms with Gasteiger partial charge in [-0.25, -0.2) is 0 Å². The Morgan fingerprint density at radius 3 is 2.47 bits per heavy atom. The number of halogens is 1. The molecule has 2 N–H and O–H groups in total. The molecule has 0 radical (unpaired) electrons. The molecule has 0 amide bonds. The van der Waals surface area contributed by atoms with Crippen molar-refractivity contribution in [3.8, 4) is 0 Å². The van der Waals surface area contributed by atoms with Crippen LogP contribution in [0.25, 0.3) is 0 Å². The smallest absolute Gasteiger partial charge is 0.0328 e. The van der Waals surface area contributed by atoms with Crippen molar-refractivity contribution in [1.29, 1.82) is 0 Å². The summed E-state index contributed by atoms with van der Waals surface area (Å²) in [6, 6.07) is 14.7. The van der Waals surface area contributed by atoms with Gasteiger partial charge in [0.25, 0.3) is 0 Å². The fourth-order valence-electron chi connectivity index (χ4n) is 2.26. The van der Waals surface area contributed by atoms with Gasteiger partial charge in [-0.15, -0.1) is 0 Å². The van der Waals surface area contributed by atoms with Crippen LogP contribution < -0.4 is 5.73 Å². The van der Waals surface area contributed by atoms with Gasteiger partial charge >= 0.3 is 0 Å². The van der Waals surface area contributed by atoms with Gasteiger partial charge in [0.15, 0.2) is 0 Å². The second kappa shape index (κ2) is 6.22. The summed E-state index contributed by atoms with van der Waals surface area (Å²) in [5.41, 5.74) is 10.5. The number of nitrogens with two attached hydrogens (primary N) is 1. The van der Waals surface area contributed by atoms with E-state index < -0.39 is 0 Å². The van der Waals surface area contributed by atoms with Crippen LogP contribution in [0.3, 0.4) is 0 Å². The summed E-state index contributed by atoms with van der Waals surface area (Å²) in [6.45, 7) is 3.95. The van der Waals surface area contributed by atoms with E-state index in [1.807, 2.05) is 12.1 Å². The van der Waals surface area contributed by atoms with Crippen molar-refractivity contribution in [3.63, 3.8) is 0 Å². The first kappa shape index (κ1) is 14.1. The van der Waals surface area contributed by atoms with Crippen molar-refractivity contribution in [2.75, 3.05) is 12.8 Å². The minimum Gasteiger partial charge on any atom is -0.399 e. The number of benzene rings is 2. The second-order valence-corrected chi connectivity index (χ2v) is 5.97. The van der Waals surface area contributed by atoms with Gasteiger partial charge in [0.1, 0.15) is 0 Å². The molecule has 2 aromatic rings. The van der Waals surface area contributed by atoms with Crippen LogP contribution in [-0.2, 0) is 13.1 Å². The SMILES string of the molecule is Cc1cccc(CN(C)Cc2cc(N)cc(Br)c2)c1. The van der Waals surface area contributed by atoms with Crippen LogP contribution in [0.5, 0.6) is 0 Å². The third-order valence-electron chi connectivity index (χ3n) is 2.97. The van der Waals surface area contributed by atoms with Crippen molar-refractivity contribution >= 4 is 21.6 Å². The minimum absolute atomic E-state index is 0.799. The Balaban J connectivity index is 2.03. The molecule has 0 saturated heterocycles. The lowest BCUT2D eigenvalue weighted by atomic mass is 10.1. The van der Waals surface area contributed by atoms with E-state index in [1.165, 1.54) is 16.7 Å². The molecule has 2 aromatic carbocycles. The fourth-order valence-corrected chi connectivity index (χ4v) is 2.81. The Morgan fingerprint density at radius 1 is 1.05 bits per heavy atom. The first-order valence-electron chi connectivity index (χ1n) is 6.32. The van der Waals surface area contributed by atoms with Crippen LogP contribution >= 0.6 is 15.9 Å². The van der Waals surface area contributed by atoms with E-state index in [4.69, 9.17) is 5.73 Å². The van der Waals surface area contributed by atoms with Crippen molar-refractivity contribution in [3.05, 3.63) is 63.6 Å². The monoisotopic (exact) mass is 318 g/mol. The standard InChI is InChI=1S/C16H19BrN2/c1-12-4-3-5-13(6-12)10-19(2)11-14-7-15(17)9-16(18)8-14/h3-9H,10-11,18H2,1-2H3. The molecule has 2 nitrogen and oxygen atoms in total. The first-order valence-corrected chi connectivity index (χ1v) is 7.11. The van der Waals surface area contributed by atoms with Crippen molar-refractivity contribution < 1.29 is 0 Å². The second-order valence-electron chi connectivity index (χ2n) is 5.05. The van der Waals surface area contributed by atoms with Gasteiger partial charge in [-0.3, -0.25) is 4.90 Å². The lowest BCUT2D eigenvalue weighted by molar-refractivity contribution is 0.319. The van der Waals surface area contributed by atoms with Gasteiger partial charge in [0.2, 0.25) is 0 Å². The Kier molecular flexibility index (Phi) is 4.61. The summed E-state index contributed by atoms with van der Waals surface area (Å²) in [5, 5.41) is 0. The van der Waals surface area contributed by atoms with Crippen molar-refractivity contribution in [1.82, 2.24) is 4.90 Å². The highest BCUT2D eigenvalue weighted by atomic mass is 79.9. The van der Waals surface area contributed by atoms with E-state index in [0.29, 0.717) is 0 Å². The van der Waals surface area contributed by atoms with E-state index in [0.717, 1.165) is 23.2 Å². The maximum absolute atomic E-state index is 5.86. The molecule has 100 valence electrons. The topological polar surface area (TPSA) is 29.3 Å². The van der Waals surface area contributed by atoms with Gasteiger partial charge in [0.05, 0.1) is 0 Å². The van der Waals surface area contributed by atoms with Crippen LogP contribution in [-0.4, -0.2) is 11.9 Å². The van der Waals surface area contributed by atoms with Crippen molar-refractivity contribution in [2.24, 2.45) is 0 Å². The molecule has 0 fully saturated rings. The van der Waals surface area contributed by atoms with Crippen LogP contribution in [0.2, 0.25) is 0 Å². The molecule has 3 heteroatoms. The molecule has 0 bridgehead atoms. The average molecular weight is 319 g/mol. The van der Waals surface area contributed by atoms with Gasteiger partial charge in [-0.05, 0) is 43.3 Å². The quantitative estimate of drug-likeness (QED) is 0.864. The number of anilines is 1. The molecule has 0 aromatic heterocycles. The lowest BCUT2D eigenvalue weighted by Gasteiger charge is -2.17. The zero-order valence-electron chi connectivity index (χ0n) is 11.4. The summed E-state index contributed by atoms with van der Waals surface area (Å²) >= 11 is 3.48. The van der Waals surface area contributed by atoms with Crippen LogP contribution in [0, 0.1) is 6.92 Å². The Labute approximate surface area is 123 Å². The summed E-state index contributed by atoms with van der Waals surface area (Å²) < 4.78 is 1.03. The highest BCUT2D eigenvalue weighted by molar-refractivity contribution is 9.10. The van der Waals surface area contributed by atoms with E-state index >= 15 is 0 Å². The number of nitrogens with zero attached hydrogens (tertiary/aromatic N) is 1. The predicted molar refractivity (Wildman–Crippen MR) is 84.9 cm³/mol. The van der Waals surface area contributed by atoms with Gasteiger partial charge < -0.3 is 5.73 Å². The van der Waals surface area contributed by atoms with Gasteiger partial charge in [-0.2, -0.15) is 0 Å². The van der Waals surface area contributed by atoms with Crippen LogP contribution in [0.15, 0.2) is 46.9 Å². The molecule has 0 spiro atoms. The zero-order chi connectivity index (χ0) is 13.8. The zero-order valence-corrected chi connectivity index (χ0v) is 12.9. The Bertz CT molecular complexity index is 546. The Hall–Kier alpha value is -1.32. The normalized spacial score (nSPS) is 10.9. The Morgan fingerprint density at radius 2 is 1.79 bits per heavy atom. The highest BCUT2D eigenvalue weighted by Gasteiger charge is 2.04. The van der Waals surface area contributed by atoms with E-state index in [9.17, 15) is 0 Å². The molecule has 0 heterocycles. The van der Waals surface area contributed by atoms with Crippen LogP contribution in [0.1, 0.15) is 16.7 Å². The van der Waals surface area contributed by atoms with E-state index in [-0.39, 0.29) is 0 Å². The molecule has 0 unspecified atom stereocenters. The van der Waals surface area contributed by atoms with E-state index in [2.05, 4.69) is 65.1 Å². The number of nitrogen functional groups attached to an aromatic ring is 1. The number of rotatable bonds is 4.